The average Bonchev–Trinajstić information content (AvgIpc) is 2.68. The van der Waals surface area contributed by atoms with Gasteiger partial charge < -0.3 is 10.1 Å². The van der Waals surface area contributed by atoms with E-state index < -0.39 is 11.7 Å². The fraction of sp³-hybridized carbons (Fsp3) is 0.0909. The molecule has 0 saturated carbocycles. The van der Waals surface area contributed by atoms with E-state index in [-0.39, 0.29) is 12.3 Å². The molecular weight excluding hydrogens is 379 g/mol. The Bertz CT molecular complexity index is 1000. The van der Waals surface area contributed by atoms with Gasteiger partial charge in [0.15, 0.2) is 6.61 Å². The fourth-order valence-corrected chi connectivity index (χ4v) is 2.63. The molecule has 0 fully saturated rings. The fourth-order valence-electron chi connectivity index (χ4n) is 2.39. The molecule has 1 N–H and O–H groups in total. The van der Waals surface area contributed by atoms with Gasteiger partial charge in [-0.05, 0) is 55.0 Å². The van der Waals surface area contributed by atoms with E-state index in [0.29, 0.717) is 10.8 Å². The highest BCUT2D eigenvalue weighted by Gasteiger charge is 2.09. The van der Waals surface area contributed by atoms with Crippen molar-refractivity contribution in [2.24, 2.45) is 4.99 Å². The number of carbonyl (C=O) groups excluding carboxylic acids is 1. The first kappa shape index (κ1) is 19.6. The van der Waals surface area contributed by atoms with Crippen LogP contribution in [0.2, 0.25) is 5.02 Å². The number of hydrogen-bond donors (Lipinski definition) is 1. The molecule has 0 aliphatic rings. The summed E-state index contributed by atoms with van der Waals surface area (Å²) in [6, 6.07) is 18.9. The molecule has 3 aromatic rings. The third-order valence-electron chi connectivity index (χ3n) is 3.86. The largest absolute Gasteiger partial charge is 0.482 e. The number of para-hydroxylation sites is 1. The van der Waals surface area contributed by atoms with Crippen molar-refractivity contribution in [3.05, 3.63) is 88.7 Å². The predicted octanol–water partition coefficient (Wildman–Crippen LogP) is 5.56. The van der Waals surface area contributed by atoms with Crippen molar-refractivity contribution in [2.75, 3.05) is 11.9 Å². The lowest BCUT2D eigenvalue weighted by atomic mass is 10.2. The number of ether oxygens (including phenoxy) is 1. The van der Waals surface area contributed by atoms with Gasteiger partial charge in [-0.2, -0.15) is 0 Å². The van der Waals surface area contributed by atoms with E-state index in [1.165, 1.54) is 17.7 Å². The molecule has 0 radical (unpaired) electrons. The highest BCUT2D eigenvalue weighted by atomic mass is 35.5. The molecule has 4 nitrogen and oxygen atoms in total. The van der Waals surface area contributed by atoms with Crippen LogP contribution in [0.1, 0.15) is 11.1 Å². The molecule has 0 atom stereocenters. The summed E-state index contributed by atoms with van der Waals surface area (Å²) in [5.74, 6) is -0.630. The zero-order valence-electron chi connectivity index (χ0n) is 15.2. The van der Waals surface area contributed by atoms with Crippen LogP contribution in [0.3, 0.4) is 0 Å². The molecule has 28 heavy (non-hydrogen) atoms. The second kappa shape index (κ2) is 9.15. The van der Waals surface area contributed by atoms with Crippen LogP contribution in [0.5, 0.6) is 5.75 Å². The minimum atomic E-state index is -0.508. The topological polar surface area (TPSA) is 50.7 Å². The number of nitrogens with one attached hydrogen (secondary N) is 1. The maximum absolute atomic E-state index is 13.5. The van der Waals surface area contributed by atoms with E-state index in [1.54, 1.807) is 36.5 Å². The van der Waals surface area contributed by atoms with Gasteiger partial charge in [0.2, 0.25) is 0 Å². The molecule has 0 aromatic heterocycles. The Kier molecular flexibility index (Phi) is 6.40. The number of hydrogen-bond acceptors (Lipinski definition) is 3. The number of amides is 1. The molecule has 6 heteroatoms. The lowest BCUT2D eigenvalue weighted by molar-refractivity contribution is -0.118. The molecule has 0 aliphatic heterocycles. The summed E-state index contributed by atoms with van der Waals surface area (Å²) < 4.78 is 19.0. The van der Waals surface area contributed by atoms with Crippen LogP contribution in [-0.4, -0.2) is 18.7 Å². The lowest BCUT2D eigenvalue weighted by Crippen LogP contribution is -2.20. The monoisotopic (exact) mass is 396 g/mol. The molecule has 0 unspecified atom stereocenters. The Labute approximate surface area is 167 Å². The van der Waals surface area contributed by atoms with Crippen LogP contribution < -0.4 is 10.1 Å². The van der Waals surface area contributed by atoms with Gasteiger partial charge in [-0.3, -0.25) is 9.79 Å². The van der Waals surface area contributed by atoms with Crippen molar-refractivity contribution in [1.29, 1.82) is 0 Å². The number of nitrogens with zero attached hydrogens (tertiary/aromatic N) is 1. The van der Waals surface area contributed by atoms with Gasteiger partial charge in [0, 0.05) is 6.21 Å². The molecule has 0 spiro atoms. The molecule has 0 heterocycles. The Hall–Kier alpha value is -3.18. The number of carbonyl (C=O) groups is 1. The van der Waals surface area contributed by atoms with Crippen molar-refractivity contribution < 1.29 is 13.9 Å². The molecule has 0 aliphatic carbocycles. The van der Waals surface area contributed by atoms with Crippen LogP contribution in [0.25, 0.3) is 0 Å². The molecule has 1 amide bonds. The van der Waals surface area contributed by atoms with E-state index >= 15 is 0 Å². The van der Waals surface area contributed by atoms with Gasteiger partial charge in [-0.1, -0.05) is 41.4 Å². The number of benzene rings is 3. The Morgan fingerprint density at radius 3 is 2.61 bits per heavy atom. The average molecular weight is 397 g/mol. The van der Waals surface area contributed by atoms with Crippen molar-refractivity contribution >= 4 is 35.1 Å². The molecule has 0 saturated heterocycles. The first-order valence-electron chi connectivity index (χ1n) is 8.59. The zero-order chi connectivity index (χ0) is 19.9. The van der Waals surface area contributed by atoms with Gasteiger partial charge in [0.05, 0.1) is 16.4 Å². The Morgan fingerprint density at radius 1 is 1.14 bits per heavy atom. The third-order valence-corrected chi connectivity index (χ3v) is 4.15. The SMILES string of the molecule is Cc1ccc(N=Cc2ccc(OCC(=O)Nc3ccccc3F)c(Cl)c2)cc1. The summed E-state index contributed by atoms with van der Waals surface area (Å²) in [4.78, 5) is 16.3. The normalized spacial score (nSPS) is 10.8. The van der Waals surface area contributed by atoms with Crippen LogP contribution in [0.4, 0.5) is 15.8 Å². The van der Waals surface area contributed by atoms with Crippen molar-refractivity contribution in [1.82, 2.24) is 0 Å². The minimum absolute atomic E-state index is 0.102. The Balaban J connectivity index is 1.58. The number of halogens is 2. The van der Waals surface area contributed by atoms with E-state index in [0.717, 1.165) is 11.3 Å². The van der Waals surface area contributed by atoms with Crippen LogP contribution in [0, 0.1) is 12.7 Å². The number of aryl methyl sites for hydroxylation is 1. The number of rotatable bonds is 6. The summed E-state index contributed by atoms with van der Waals surface area (Å²) in [6.07, 6.45) is 1.70. The van der Waals surface area contributed by atoms with Crippen molar-refractivity contribution in [2.45, 2.75) is 6.92 Å². The quantitative estimate of drug-likeness (QED) is 0.555. The summed E-state index contributed by atoms with van der Waals surface area (Å²) >= 11 is 6.22. The van der Waals surface area contributed by atoms with Gasteiger partial charge in [-0.25, -0.2) is 4.39 Å². The number of aliphatic imine (C=N–C) groups is 1. The van der Waals surface area contributed by atoms with Crippen LogP contribution >= 0.6 is 11.6 Å². The van der Waals surface area contributed by atoms with Crippen LogP contribution in [-0.2, 0) is 4.79 Å². The summed E-state index contributed by atoms with van der Waals surface area (Å²) in [7, 11) is 0. The highest BCUT2D eigenvalue weighted by molar-refractivity contribution is 6.32. The van der Waals surface area contributed by atoms with Gasteiger partial charge >= 0.3 is 0 Å². The lowest BCUT2D eigenvalue weighted by Gasteiger charge is -2.09. The zero-order valence-corrected chi connectivity index (χ0v) is 15.9. The van der Waals surface area contributed by atoms with E-state index in [1.807, 2.05) is 31.2 Å². The van der Waals surface area contributed by atoms with E-state index in [9.17, 15) is 9.18 Å². The highest BCUT2D eigenvalue weighted by Crippen LogP contribution is 2.25. The maximum atomic E-state index is 13.5. The van der Waals surface area contributed by atoms with Crippen LogP contribution in [0.15, 0.2) is 71.7 Å². The molecular formula is C22H18ClFN2O2. The van der Waals surface area contributed by atoms with Gasteiger partial charge in [0.1, 0.15) is 11.6 Å². The molecule has 3 aromatic carbocycles. The molecule has 0 bridgehead atoms. The van der Waals surface area contributed by atoms with Gasteiger partial charge in [-0.15, -0.1) is 0 Å². The maximum Gasteiger partial charge on any atom is 0.262 e. The number of anilines is 1. The van der Waals surface area contributed by atoms with E-state index in [4.69, 9.17) is 16.3 Å². The minimum Gasteiger partial charge on any atom is -0.482 e. The second-order valence-electron chi connectivity index (χ2n) is 6.10. The third kappa shape index (κ3) is 5.41. The van der Waals surface area contributed by atoms with E-state index in [2.05, 4.69) is 10.3 Å². The standard InChI is InChI=1S/C22H18ClFN2O2/c1-15-6-9-17(10-7-15)25-13-16-8-11-21(18(23)12-16)28-14-22(27)26-20-5-3-2-4-19(20)24/h2-13H,14H2,1H3,(H,26,27). The second-order valence-corrected chi connectivity index (χ2v) is 6.51. The summed E-state index contributed by atoms with van der Waals surface area (Å²) in [5.41, 5.74) is 2.91. The first-order chi connectivity index (χ1) is 13.5. The Morgan fingerprint density at radius 2 is 1.89 bits per heavy atom. The van der Waals surface area contributed by atoms with Crippen molar-refractivity contribution in [3.63, 3.8) is 0 Å². The predicted molar refractivity (Wildman–Crippen MR) is 110 cm³/mol. The smallest absolute Gasteiger partial charge is 0.262 e. The molecule has 3 rings (SSSR count). The summed E-state index contributed by atoms with van der Waals surface area (Å²) in [5, 5.41) is 2.80. The van der Waals surface area contributed by atoms with Crippen molar-refractivity contribution in [3.8, 4) is 5.75 Å². The summed E-state index contributed by atoms with van der Waals surface area (Å²) in [6.45, 7) is 1.73. The first-order valence-corrected chi connectivity index (χ1v) is 8.96. The molecule has 142 valence electrons. The van der Waals surface area contributed by atoms with Gasteiger partial charge in [0.25, 0.3) is 5.91 Å².